The fourth-order valence-electron chi connectivity index (χ4n) is 3.28. The van der Waals surface area contributed by atoms with Crippen molar-refractivity contribution in [1.82, 2.24) is 19.7 Å². The van der Waals surface area contributed by atoms with Crippen LogP contribution in [0, 0.1) is 0 Å². The van der Waals surface area contributed by atoms with Crippen LogP contribution in [-0.4, -0.2) is 45.8 Å². The summed E-state index contributed by atoms with van der Waals surface area (Å²) in [7, 11) is 3.61. The number of ether oxygens (including phenoxy) is 1. The average molecular weight is 328 g/mol. The summed E-state index contributed by atoms with van der Waals surface area (Å²) in [5.41, 5.74) is 1.16. The molecule has 0 radical (unpaired) electrons. The minimum Gasteiger partial charge on any atom is -0.497 e. The van der Waals surface area contributed by atoms with Gasteiger partial charge in [0.2, 0.25) is 5.91 Å². The lowest BCUT2D eigenvalue weighted by molar-refractivity contribution is -0.132. The van der Waals surface area contributed by atoms with Gasteiger partial charge in [0.25, 0.3) is 0 Å². The van der Waals surface area contributed by atoms with Crippen molar-refractivity contribution in [3.63, 3.8) is 0 Å². The van der Waals surface area contributed by atoms with Gasteiger partial charge < -0.3 is 14.2 Å². The number of piperidine rings is 1. The molecule has 1 atom stereocenters. The van der Waals surface area contributed by atoms with E-state index < -0.39 is 0 Å². The van der Waals surface area contributed by atoms with E-state index in [4.69, 9.17) is 4.74 Å². The van der Waals surface area contributed by atoms with E-state index >= 15 is 0 Å². The number of amides is 1. The largest absolute Gasteiger partial charge is 0.497 e. The molecule has 0 N–H and O–H groups in total. The molecule has 0 unspecified atom stereocenters. The molecule has 1 saturated heterocycles. The van der Waals surface area contributed by atoms with Crippen molar-refractivity contribution in [2.45, 2.75) is 31.6 Å². The van der Waals surface area contributed by atoms with E-state index in [1.165, 1.54) is 0 Å². The summed E-state index contributed by atoms with van der Waals surface area (Å²) in [4.78, 5) is 14.5. The van der Waals surface area contributed by atoms with Crippen LogP contribution in [0.3, 0.4) is 0 Å². The fourth-order valence-corrected chi connectivity index (χ4v) is 3.28. The Kier molecular flexibility index (Phi) is 5.13. The molecule has 0 spiro atoms. The number of hydrogen-bond acceptors (Lipinski definition) is 4. The molecule has 6 heteroatoms. The molecule has 6 nitrogen and oxygen atoms in total. The third-order valence-corrected chi connectivity index (χ3v) is 4.67. The van der Waals surface area contributed by atoms with E-state index in [-0.39, 0.29) is 11.8 Å². The molecule has 1 aliphatic heterocycles. The van der Waals surface area contributed by atoms with Crippen LogP contribution in [0.5, 0.6) is 5.75 Å². The van der Waals surface area contributed by atoms with Crippen LogP contribution in [0.2, 0.25) is 0 Å². The van der Waals surface area contributed by atoms with Gasteiger partial charge in [-0.15, -0.1) is 10.2 Å². The number of likely N-dealkylation sites (tertiary alicyclic amines) is 1. The first-order valence-corrected chi connectivity index (χ1v) is 8.42. The first-order valence-electron chi connectivity index (χ1n) is 8.42. The summed E-state index contributed by atoms with van der Waals surface area (Å²) in [5.74, 6) is 2.32. The maximum atomic E-state index is 12.6. The second-order valence-corrected chi connectivity index (χ2v) is 6.33. The molecule has 2 aromatic rings. The van der Waals surface area contributed by atoms with Gasteiger partial charge in [-0.2, -0.15) is 0 Å². The minimum atomic E-state index is 0.220. The van der Waals surface area contributed by atoms with Gasteiger partial charge in [-0.25, -0.2) is 0 Å². The van der Waals surface area contributed by atoms with E-state index in [9.17, 15) is 4.79 Å². The molecule has 0 saturated carbocycles. The van der Waals surface area contributed by atoms with Crippen molar-refractivity contribution in [2.24, 2.45) is 7.05 Å². The summed E-state index contributed by atoms with van der Waals surface area (Å²) in [6, 6.07) is 7.91. The van der Waals surface area contributed by atoms with Crippen LogP contribution < -0.4 is 4.74 Å². The van der Waals surface area contributed by atoms with Crippen molar-refractivity contribution in [3.05, 3.63) is 42.0 Å². The van der Waals surface area contributed by atoms with Crippen LogP contribution in [0.4, 0.5) is 0 Å². The lowest BCUT2D eigenvalue weighted by atomic mass is 9.96. The van der Waals surface area contributed by atoms with Crippen molar-refractivity contribution in [2.75, 3.05) is 20.2 Å². The number of methoxy groups -OCH3 is 1. The predicted octanol–water partition coefficient (Wildman–Crippen LogP) is 2.16. The molecule has 1 amide bonds. The number of hydrogen-bond donors (Lipinski definition) is 0. The zero-order valence-corrected chi connectivity index (χ0v) is 14.3. The first kappa shape index (κ1) is 16.5. The van der Waals surface area contributed by atoms with Gasteiger partial charge in [0.15, 0.2) is 0 Å². The highest BCUT2D eigenvalue weighted by Crippen LogP contribution is 2.25. The highest BCUT2D eigenvalue weighted by molar-refractivity contribution is 5.76. The number of benzene rings is 1. The van der Waals surface area contributed by atoms with E-state index in [1.807, 2.05) is 40.8 Å². The summed E-state index contributed by atoms with van der Waals surface area (Å²) < 4.78 is 7.11. The molecule has 0 aliphatic carbocycles. The van der Waals surface area contributed by atoms with Gasteiger partial charge in [0.1, 0.15) is 17.9 Å². The van der Waals surface area contributed by atoms with E-state index in [2.05, 4.69) is 10.2 Å². The smallest absolute Gasteiger partial charge is 0.222 e. The number of nitrogens with zero attached hydrogens (tertiary/aromatic N) is 4. The fraction of sp³-hybridized carbons (Fsp3) is 0.500. The summed E-state index contributed by atoms with van der Waals surface area (Å²) >= 11 is 0. The highest BCUT2D eigenvalue weighted by atomic mass is 16.5. The van der Waals surface area contributed by atoms with Gasteiger partial charge in [-0.1, -0.05) is 12.1 Å². The SMILES string of the molecule is COc1ccc(CCC(=O)N2CCC[C@@H](c3nncn3C)C2)cc1. The molecule has 128 valence electrons. The van der Waals surface area contributed by atoms with Crippen LogP contribution >= 0.6 is 0 Å². The third-order valence-electron chi connectivity index (χ3n) is 4.67. The summed E-state index contributed by atoms with van der Waals surface area (Å²) in [5, 5.41) is 8.16. The van der Waals surface area contributed by atoms with Gasteiger partial charge in [0, 0.05) is 32.5 Å². The van der Waals surface area contributed by atoms with E-state index in [0.29, 0.717) is 6.42 Å². The molecule has 1 fully saturated rings. The molecular weight excluding hydrogens is 304 g/mol. The Morgan fingerprint density at radius 2 is 2.12 bits per heavy atom. The lowest BCUT2D eigenvalue weighted by Gasteiger charge is -2.32. The highest BCUT2D eigenvalue weighted by Gasteiger charge is 2.27. The molecule has 3 rings (SSSR count). The Bertz CT molecular complexity index is 681. The minimum absolute atomic E-state index is 0.220. The molecule has 0 bridgehead atoms. The molecule has 1 aromatic carbocycles. The number of carbonyl (C=O) groups excluding carboxylic acids is 1. The van der Waals surface area contributed by atoms with Gasteiger partial charge in [-0.3, -0.25) is 4.79 Å². The standard InChI is InChI=1S/C18H24N4O2/c1-21-13-19-20-18(21)15-4-3-11-22(12-15)17(23)10-7-14-5-8-16(24-2)9-6-14/h5-6,8-9,13,15H,3-4,7,10-12H2,1-2H3/t15-/m1/s1. The topological polar surface area (TPSA) is 60.2 Å². The number of carbonyl (C=O) groups is 1. The normalized spacial score (nSPS) is 17.8. The van der Waals surface area contributed by atoms with Crippen LogP contribution in [-0.2, 0) is 18.3 Å². The monoisotopic (exact) mass is 328 g/mol. The molecule has 24 heavy (non-hydrogen) atoms. The van der Waals surface area contributed by atoms with Crippen molar-refractivity contribution in [1.29, 1.82) is 0 Å². The second kappa shape index (κ2) is 7.47. The Balaban J connectivity index is 1.55. The summed E-state index contributed by atoms with van der Waals surface area (Å²) in [6.45, 7) is 1.59. The van der Waals surface area contributed by atoms with Crippen LogP contribution in [0.1, 0.15) is 36.6 Å². The molecule has 1 aromatic heterocycles. The number of aryl methyl sites for hydroxylation is 2. The summed E-state index contributed by atoms with van der Waals surface area (Å²) in [6.07, 6.45) is 5.10. The molecule has 1 aliphatic rings. The van der Waals surface area contributed by atoms with E-state index in [0.717, 1.165) is 49.5 Å². The number of rotatable bonds is 5. The zero-order valence-electron chi connectivity index (χ0n) is 14.3. The van der Waals surface area contributed by atoms with Crippen molar-refractivity contribution in [3.8, 4) is 5.75 Å². The molecule has 2 heterocycles. The molecular formula is C18H24N4O2. The van der Waals surface area contributed by atoms with Crippen LogP contribution in [0.15, 0.2) is 30.6 Å². The first-order chi connectivity index (χ1) is 11.7. The van der Waals surface area contributed by atoms with Crippen molar-refractivity contribution >= 4 is 5.91 Å². The Morgan fingerprint density at radius 1 is 1.33 bits per heavy atom. The Hall–Kier alpha value is -2.37. The van der Waals surface area contributed by atoms with Gasteiger partial charge in [0.05, 0.1) is 7.11 Å². The van der Waals surface area contributed by atoms with Crippen LogP contribution in [0.25, 0.3) is 0 Å². The van der Waals surface area contributed by atoms with Crippen molar-refractivity contribution < 1.29 is 9.53 Å². The average Bonchev–Trinajstić information content (AvgIpc) is 3.06. The Morgan fingerprint density at radius 3 is 2.79 bits per heavy atom. The third kappa shape index (κ3) is 3.75. The van der Waals surface area contributed by atoms with Gasteiger partial charge >= 0.3 is 0 Å². The second-order valence-electron chi connectivity index (χ2n) is 6.33. The zero-order chi connectivity index (χ0) is 16.9. The van der Waals surface area contributed by atoms with E-state index in [1.54, 1.807) is 13.4 Å². The predicted molar refractivity (Wildman–Crippen MR) is 90.9 cm³/mol. The van der Waals surface area contributed by atoms with Gasteiger partial charge in [-0.05, 0) is 37.0 Å². The number of aromatic nitrogens is 3. The Labute approximate surface area is 142 Å². The maximum absolute atomic E-state index is 12.6. The lowest BCUT2D eigenvalue weighted by Crippen LogP contribution is -2.39. The maximum Gasteiger partial charge on any atom is 0.222 e. The quantitative estimate of drug-likeness (QED) is 0.844.